The third kappa shape index (κ3) is 4.39. The van der Waals surface area contributed by atoms with Crippen LogP contribution in [0.15, 0.2) is 12.1 Å². The van der Waals surface area contributed by atoms with E-state index < -0.39 is 0 Å². The molecule has 6 heteroatoms. The molecule has 1 rings (SSSR count). The van der Waals surface area contributed by atoms with Crippen LogP contribution in [0.2, 0.25) is 0 Å². The molecule has 0 spiro atoms. The molecule has 0 fully saturated rings. The van der Waals surface area contributed by atoms with Gasteiger partial charge in [-0.3, -0.25) is 9.78 Å². The molecule has 0 atom stereocenters. The van der Waals surface area contributed by atoms with Crippen molar-refractivity contribution in [2.45, 2.75) is 13.3 Å². The molecule has 0 bridgehead atoms. The van der Waals surface area contributed by atoms with Gasteiger partial charge < -0.3 is 15.8 Å². The summed E-state index contributed by atoms with van der Waals surface area (Å²) < 4.78 is 5.36. The van der Waals surface area contributed by atoms with Gasteiger partial charge in [-0.1, -0.05) is 0 Å². The van der Waals surface area contributed by atoms with Gasteiger partial charge >= 0.3 is 0 Å². The number of nitrogens with one attached hydrogen (secondary N) is 1. The number of carbonyl (C=O) groups is 1. The topological polar surface area (TPSA) is 101 Å². The predicted octanol–water partition coefficient (Wildman–Crippen LogP) is -0.0902. The zero-order valence-electron chi connectivity index (χ0n) is 10.3. The molecule has 18 heavy (non-hydrogen) atoms. The van der Waals surface area contributed by atoms with Crippen molar-refractivity contribution >= 4 is 5.91 Å². The van der Waals surface area contributed by atoms with Crippen molar-refractivity contribution < 1.29 is 9.53 Å². The summed E-state index contributed by atoms with van der Waals surface area (Å²) in [6.07, 6.45) is 0.594. The second-order valence-electron chi connectivity index (χ2n) is 3.66. The van der Waals surface area contributed by atoms with Gasteiger partial charge in [0.1, 0.15) is 12.3 Å². The first-order valence-corrected chi connectivity index (χ1v) is 5.60. The Kier molecular flexibility index (Phi) is 5.61. The van der Waals surface area contributed by atoms with Gasteiger partial charge in [-0.2, -0.15) is 5.26 Å². The number of nitrogens with two attached hydrogens (primary N) is 1. The SMILES string of the molecule is Cc1ccc(OCC(=O)NCC#N)c(CCN)n1. The zero-order valence-corrected chi connectivity index (χ0v) is 10.3. The summed E-state index contributed by atoms with van der Waals surface area (Å²) in [6, 6.07) is 5.40. The van der Waals surface area contributed by atoms with Crippen LogP contribution < -0.4 is 15.8 Å². The highest BCUT2D eigenvalue weighted by Crippen LogP contribution is 2.17. The quantitative estimate of drug-likeness (QED) is 0.685. The van der Waals surface area contributed by atoms with Crippen molar-refractivity contribution in [3.05, 3.63) is 23.5 Å². The molecule has 6 nitrogen and oxygen atoms in total. The lowest BCUT2D eigenvalue weighted by atomic mass is 10.2. The van der Waals surface area contributed by atoms with Gasteiger partial charge in [0.05, 0.1) is 11.8 Å². The molecule has 3 N–H and O–H groups in total. The van der Waals surface area contributed by atoms with Crippen LogP contribution in [0.1, 0.15) is 11.4 Å². The van der Waals surface area contributed by atoms with E-state index in [1.807, 2.05) is 19.1 Å². The van der Waals surface area contributed by atoms with Crippen LogP contribution in [0.4, 0.5) is 0 Å². The van der Waals surface area contributed by atoms with Crippen LogP contribution in [0.3, 0.4) is 0 Å². The average Bonchev–Trinajstić information content (AvgIpc) is 2.36. The fourth-order valence-corrected chi connectivity index (χ4v) is 1.38. The van der Waals surface area contributed by atoms with E-state index in [4.69, 9.17) is 15.7 Å². The number of nitriles is 1. The fourth-order valence-electron chi connectivity index (χ4n) is 1.38. The number of nitrogens with zero attached hydrogens (tertiary/aromatic N) is 2. The Morgan fingerprint density at radius 1 is 1.61 bits per heavy atom. The number of ether oxygens (including phenoxy) is 1. The molecular weight excluding hydrogens is 232 g/mol. The minimum Gasteiger partial charge on any atom is -0.482 e. The van der Waals surface area contributed by atoms with E-state index in [1.165, 1.54) is 0 Å². The maximum atomic E-state index is 11.3. The van der Waals surface area contributed by atoms with Crippen molar-refractivity contribution in [1.82, 2.24) is 10.3 Å². The lowest BCUT2D eigenvalue weighted by Gasteiger charge is -2.10. The van der Waals surface area contributed by atoms with Gasteiger partial charge in [-0.25, -0.2) is 0 Å². The molecule has 0 aliphatic carbocycles. The van der Waals surface area contributed by atoms with E-state index in [2.05, 4.69) is 10.3 Å². The standard InChI is InChI=1S/C12H16N4O2/c1-9-2-3-11(10(16-9)4-5-13)18-8-12(17)15-7-6-14/h2-3H,4-5,7-8,13H2,1H3,(H,15,17). The van der Waals surface area contributed by atoms with Crippen molar-refractivity contribution in [2.75, 3.05) is 19.7 Å². The maximum Gasteiger partial charge on any atom is 0.258 e. The summed E-state index contributed by atoms with van der Waals surface area (Å²) in [5.74, 6) is 0.217. The molecule has 1 aromatic heterocycles. The van der Waals surface area contributed by atoms with Gasteiger partial charge in [-0.15, -0.1) is 0 Å². The molecule has 1 heterocycles. The number of hydrogen-bond donors (Lipinski definition) is 2. The molecule has 0 radical (unpaired) electrons. The first kappa shape index (κ1) is 13.9. The summed E-state index contributed by atoms with van der Waals surface area (Å²) in [6.45, 7) is 2.19. The van der Waals surface area contributed by atoms with E-state index in [1.54, 1.807) is 6.07 Å². The highest BCUT2D eigenvalue weighted by atomic mass is 16.5. The Balaban J connectivity index is 2.61. The monoisotopic (exact) mass is 248 g/mol. The zero-order chi connectivity index (χ0) is 13.4. The summed E-state index contributed by atoms with van der Waals surface area (Å²) >= 11 is 0. The molecule has 0 aliphatic rings. The number of aryl methyl sites for hydroxylation is 1. The highest BCUT2D eigenvalue weighted by molar-refractivity contribution is 5.77. The molecule has 1 aromatic rings. The second kappa shape index (κ2) is 7.25. The lowest BCUT2D eigenvalue weighted by molar-refractivity contribution is -0.122. The summed E-state index contributed by atoms with van der Waals surface area (Å²) in [7, 11) is 0. The predicted molar refractivity (Wildman–Crippen MR) is 65.9 cm³/mol. The van der Waals surface area contributed by atoms with Gasteiger partial charge in [0.25, 0.3) is 5.91 Å². The van der Waals surface area contributed by atoms with Crippen molar-refractivity contribution in [3.8, 4) is 11.8 Å². The first-order chi connectivity index (χ1) is 8.67. The molecule has 0 aromatic carbocycles. The second-order valence-corrected chi connectivity index (χ2v) is 3.66. The Morgan fingerprint density at radius 2 is 2.39 bits per heavy atom. The van der Waals surface area contributed by atoms with Crippen LogP contribution in [-0.2, 0) is 11.2 Å². The Labute approximate surface area is 106 Å². The van der Waals surface area contributed by atoms with E-state index >= 15 is 0 Å². The van der Waals surface area contributed by atoms with Crippen LogP contribution >= 0.6 is 0 Å². The summed E-state index contributed by atoms with van der Waals surface area (Å²) in [5, 5.41) is 10.7. The fraction of sp³-hybridized carbons (Fsp3) is 0.417. The lowest BCUT2D eigenvalue weighted by Crippen LogP contribution is -2.29. The molecular formula is C12H16N4O2. The third-order valence-electron chi connectivity index (χ3n) is 2.18. The van der Waals surface area contributed by atoms with Crippen LogP contribution in [-0.4, -0.2) is 30.6 Å². The maximum absolute atomic E-state index is 11.3. The van der Waals surface area contributed by atoms with E-state index in [0.29, 0.717) is 18.7 Å². The first-order valence-electron chi connectivity index (χ1n) is 5.60. The number of carbonyl (C=O) groups excluding carboxylic acids is 1. The van der Waals surface area contributed by atoms with Crippen LogP contribution in [0.25, 0.3) is 0 Å². The summed E-state index contributed by atoms with van der Waals surface area (Å²) in [5.41, 5.74) is 7.11. The number of amides is 1. The number of rotatable bonds is 6. The van der Waals surface area contributed by atoms with E-state index in [0.717, 1.165) is 11.4 Å². The Bertz CT molecular complexity index is 454. The van der Waals surface area contributed by atoms with E-state index in [-0.39, 0.29) is 19.1 Å². The highest BCUT2D eigenvalue weighted by Gasteiger charge is 2.07. The van der Waals surface area contributed by atoms with Crippen molar-refractivity contribution in [2.24, 2.45) is 5.73 Å². The van der Waals surface area contributed by atoms with Crippen LogP contribution in [0, 0.1) is 18.3 Å². The normalized spacial score (nSPS) is 9.61. The Morgan fingerprint density at radius 3 is 3.06 bits per heavy atom. The molecule has 0 aliphatic heterocycles. The molecule has 0 saturated heterocycles. The van der Waals surface area contributed by atoms with Crippen LogP contribution in [0.5, 0.6) is 5.75 Å². The average molecular weight is 248 g/mol. The smallest absolute Gasteiger partial charge is 0.258 e. The van der Waals surface area contributed by atoms with Crippen molar-refractivity contribution in [1.29, 1.82) is 5.26 Å². The van der Waals surface area contributed by atoms with Gasteiger partial charge in [-0.05, 0) is 25.6 Å². The summed E-state index contributed by atoms with van der Waals surface area (Å²) in [4.78, 5) is 15.6. The number of hydrogen-bond acceptors (Lipinski definition) is 5. The molecule has 0 saturated carbocycles. The van der Waals surface area contributed by atoms with E-state index in [9.17, 15) is 4.79 Å². The number of aromatic nitrogens is 1. The van der Waals surface area contributed by atoms with Crippen molar-refractivity contribution in [3.63, 3.8) is 0 Å². The largest absolute Gasteiger partial charge is 0.482 e. The molecule has 1 amide bonds. The molecule has 0 unspecified atom stereocenters. The van der Waals surface area contributed by atoms with Gasteiger partial charge in [0.2, 0.25) is 0 Å². The van der Waals surface area contributed by atoms with Gasteiger partial charge in [0, 0.05) is 12.1 Å². The minimum atomic E-state index is -0.337. The molecule has 96 valence electrons. The number of pyridine rings is 1. The third-order valence-corrected chi connectivity index (χ3v) is 2.18. The minimum absolute atomic E-state index is 0.0238. The van der Waals surface area contributed by atoms with Gasteiger partial charge in [0.15, 0.2) is 6.61 Å². The Hall–Kier alpha value is -2.13.